The van der Waals surface area contributed by atoms with Gasteiger partial charge < -0.3 is 9.88 Å². The number of para-hydroxylation sites is 2. The molecule has 0 aliphatic heterocycles. The molecule has 0 bridgehead atoms. The van der Waals surface area contributed by atoms with Crippen LogP contribution in [-0.2, 0) is 4.79 Å². The van der Waals surface area contributed by atoms with Crippen LogP contribution in [0, 0.1) is 0 Å². The number of carbonyl (C=O) groups is 1. The van der Waals surface area contributed by atoms with Crippen molar-refractivity contribution in [1.29, 1.82) is 0 Å². The molecule has 0 unspecified atom stereocenters. The van der Waals surface area contributed by atoms with Crippen LogP contribution in [0.2, 0.25) is 0 Å². The number of nitrogens with zero attached hydrogens (tertiary/aromatic N) is 2. The Hall–Kier alpha value is -2.10. The minimum atomic E-state index is 0.0890. The Bertz CT molecular complexity index is 578. The summed E-state index contributed by atoms with van der Waals surface area (Å²) in [6.07, 6.45) is 14.5. The molecule has 0 atom stereocenters. The summed E-state index contributed by atoms with van der Waals surface area (Å²) < 4.78 is 1.91. The summed E-state index contributed by atoms with van der Waals surface area (Å²) in [5, 5.41) is 3.02. The molecule has 0 saturated carbocycles. The molecule has 2 aromatic rings. The molecule has 0 radical (unpaired) electrons. The van der Waals surface area contributed by atoms with Crippen molar-refractivity contribution < 1.29 is 4.79 Å². The molecule has 23 heavy (non-hydrogen) atoms. The van der Waals surface area contributed by atoms with Gasteiger partial charge in [0.15, 0.2) is 0 Å². The van der Waals surface area contributed by atoms with Crippen LogP contribution in [0.1, 0.15) is 58.3 Å². The van der Waals surface area contributed by atoms with E-state index in [1.165, 1.54) is 32.1 Å². The predicted molar refractivity (Wildman–Crippen MR) is 94.8 cm³/mol. The summed E-state index contributed by atoms with van der Waals surface area (Å²) in [4.78, 5) is 16.2. The first-order chi connectivity index (χ1) is 11.3. The molecule has 1 aromatic heterocycles. The van der Waals surface area contributed by atoms with E-state index >= 15 is 0 Å². The molecule has 0 aliphatic rings. The summed E-state index contributed by atoms with van der Waals surface area (Å²) in [7, 11) is 0. The van der Waals surface area contributed by atoms with Gasteiger partial charge >= 0.3 is 0 Å². The highest BCUT2D eigenvalue weighted by Gasteiger charge is 2.07. The van der Waals surface area contributed by atoms with E-state index in [0.29, 0.717) is 6.42 Å². The first-order valence-electron chi connectivity index (χ1n) is 8.68. The van der Waals surface area contributed by atoms with E-state index in [0.717, 1.165) is 24.2 Å². The second-order valence-corrected chi connectivity index (χ2v) is 5.91. The molecule has 0 aliphatic carbocycles. The van der Waals surface area contributed by atoms with E-state index in [1.54, 1.807) is 12.5 Å². The van der Waals surface area contributed by atoms with Crippen molar-refractivity contribution in [3.05, 3.63) is 43.0 Å². The molecule has 0 fully saturated rings. The van der Waals surface area contributed by atoms with Gasteiger partial charge in [-0.25, -0.2) is 4.98 Å². The molecule has 0 spiro atoms. The van der Waals surface area contributed by atoms with Crippen LogP contribution >= 0.6 is 0 Å². The Morgan fingerprint density at radius 3 is 2.57 bits per heavy atom. The quantitative estimate of drug-likeness (QED) is 0.631. The highest BCUT2D eigenvalue weighted by molar-refractivity contribution is 5.92. The fourth-order valence-electron chi connectivity index (χ4n) is 2.66. The van der Waals surface area contributed by atoms with Crippen molar-refractivity contribution in [2.45, 2.75) is 58.3 Å². The lowest BCUT2D eigenvalue weighted by Crippen LogP contribution is -2.13. The Kier molecular flexibility index (Phi) is 7.37. The molecule has 1 amide bonds. The lowest BCUT2D eigenvalue weighted by Gasteiger charge is -2.11. The van der Waals surface area contributed by atoms with Crippen LogP contribution in [-0.4, -0.2) is 15.5 Å². The van der Waals surface area contributed by atoms with E-state index in [-0.39, 0.29) is 5.91 Å². The number of benzene rings is 1. The van der Waals surface area contributed by atoms with E-state index in [1.807, 2.05) is 35.0 Å². The van der Waals surface area contributed by atoms with E-state index in [2.05, 4.69) is 17.2 Å². The van der Waals surface area contributed by atoms with Crippen LogP contribution in [0.15, 0.2) is 43.0 Å². The average molecular weight is 313 g/mol. The first-order valence-corrected chi connectivity index (χ1v) is 8.68. The molecule has 4 nitrogen and oxygen atoms in total. The van der Waals surface area contributed by atoms with Crippen LogP contribution in [0.25, 0.3) is 5.69 Å². The van der Waals surface area contributed by atoms with Gasteiger partial charge in [-0.3, -0.25) is 4.79 Å². The number of unbranched alkanes of at least 4 members (excludes halogenated alkanes) is 6. The van der Waals surface area contributed by atoms with Gasteiger partial charge in [-0.15, -0.1) is 0 Å². The largest absolute Gasteiger partial charge is 0.324 e. The highest BCUT2D eigenvalue weighted by Crippen LogP contribution is 2.20. The number of hydrogen-bond acceptors (Lipinski definition) is 2. The molecule has 124 valence electrons. The standard InChI is InChI=1S/C19H27N3O/c1-2-3-4-5-6-7-8-13-19(23)21-17-11-9-10-12-18(17)22-15-14-20-16-22/h9-12,14-16H,2-8,13H2,1H3,(H,21,23). The van der Waals surface area contributed by atoms with Crippen molar-refractivity contribution in [3.63, 3.8) is 0 Å². The number of amides is 1. The van der Waals surface area contributed by atoms with Gasteiger partial charge in [0.05, 0.1) is 17.7 Å². The van der Waals surface area contributed by atoms with Crippen LogP contribution in [0.5, 0.6) is 0 Å². The molecule has 1 aromatic carbocycles. The number of hydrogen-bond donors (Lipinski definition) is 1. The molecule has 1 heterocycles. The first kappa shape index (κ1) is 17.3. The maximum absolute atomic E-state index is 12.1. The Labute approximate surface area is 138 Å². The monoisotopic (exact) mass is 313 g/mol. The van der Waals surface area contributed by atoms with Crippen LogP contribution in [0.4, 0.5) is 5.69 Å². The third kappa shape index (κ3) is 5.89. The zero-order valence-electron chi connectivity index (χ0n) is 14.0. The van der Waals surface area contributed by atoms with Gasteiger partial charge in [0, 0.05) is 18.8 Å². The van der Waals surface area contributed by atoms with E-state index in [9.17, 15) is 4.79 Å². The topological polar surface area (TPSA) is 46.9 Å². The lowest BCUT2D eigenvalue weighted by atomic mass is 10.1. The van der Waals surface area contributed by atoms with Crippen molar-refractivity contribution >= 4 is 11.6 Å². The normalized spacial score (nSPS) is 10.7. The number of nitrogens with one attached hydrogen (secondary N) is 1. The minimum absolute atomic E-state index is 0.0890. The number of rotatable bonds is 10. The molecular weight excluding hydrogens is 286 g/mol. The molecule has 1 N–H and O–H groups in total. The second-order valence-electron chi connectivity index (χ2n) is 5.91. The zero-order chi connectivity index (χ0) is 16.3. The SMILES string of the molecule is CCCCCCCCCC(=O)Nc1ccccc1-n1ccnc1. The maximum Gasteiger partial charge on any atom is 0.224 e. The highest BCUT2D eigenvalue weighted by atomic mass is 16.1. The predicted octanol–water partition coefficient (Wildman–Crippen LogP) is 4.95. The third-order valence-electron chi connectivity index (χ3n) is 3.97. The Morgan fingerprint density at radius 1 is 1.09 bits per heavy atom. The minimum Gasteiger partial charge on any atom is -0.324 e. The van der Waals surface area contributed by atoms with E-state index < -0.39 is 0 Å². The number of imidazole rings is 1. The van der Waals surface area contributed by atoms with Gasteiger partial charge in [0.1, 0.15) is 0 Å². The summed E-state index contributed by atoms with van der Waals surface area (Å²) in [5.74, 6) is 0.0890. The van der Waals surface area contributed by atoms with Crippen molar-refractivity contribution in [3.8, 4) is 5.69 Å². The van der Waals surface area contributed by atoms with Crippen molar-refractivity contribution in [1.82, 2.24) is 9.55 Å². The summed E-state index contributed by atoms with van der Waals surface area (Å²) >= 11 is 0. The Balaban J connectivity index is 1.76. The average Bonchev–Trinajstić information content (AvgIpc) is 3.09. The van der Waals surface area contributed by atoms with Crippen molar-refractivity contribution in [2.75, 3.05) is 5.32 Å². The zero-order valence-corrected chi connectivity index (χ0v) is 14.0. The summed E-state index contributed by atoms with van der Waals surface area (Å²) in [6.45, 7) is 2.23. The van der Waals surface area contributed by atoms with Gasteiger partial charge in [-0.05, 0) is 18.6 Å². The molecule has 2 rings (SSSR count). The summed E-state index contributed by atoms with van der Waals surface area (Å²) in [5.41, 5.74) is 1.77. The van der Waals surface area contributed by atoms with Gasteiger partial charge in [0.2, 0.25) is 5.91 Å². The fraction of sp³-hybridized carbons (Fsp3) is 0.474. The maximum atomic E-state index is 12.1. The second kappa shape index (κ2) is 9.82. The van der Waals surface area contributed by atoms with E-state index in [4.69, 9.17) is 0 Å². The molecular formula is C19H27N3O. The fourth-order valence-corrected chi connectivity index (χ4v) is 2.66. The van der Waals surface area contributed by atoms with Gasteiger partial charge in [0.25, 0.3) is 0 Å². The van der Waals surface area contributed by atoms with Crippen LogP contribution in [0.3, 0.4) is 0 Å². The molecule has 0 saturated heterocycles. The smallest absolute Gasteiger partial charge is 0.224 e. The summed E-state index contributed by atoms with van der Waals surface area (Å²) in [6, 6.07) is 7.80. The van der Waals surface area contributed by atoms with Gasteiger partial charge in [-0.2, -0.15) is 0 Å². The molecule has 4 heteroatoms. The van der Waals surface area contributed by atoms with Gasteiger partial charge in [-0.1, -0.05) is 57.6 Å². The number of aromatic nitrogens is 2. The Morgan fingerprint density at radius 2 is 1.83 bits per heavy atom. The number of carbonyl (C=O) groups excluding carboxylic acids is 1. The number of anilines is 1. The van der Waals surface area contributed by atoms with Crippen molar-refractivity contribution in [2.24, 2.45) is 0 Å². The lowest BCUT2D eigenvalue weighted by molar-refractivity contribution is -0.116. The van der Waals surface area contributed by atoms with Crippen LogP contribution < -0.4 is 5.32 Å². The third-order valence-corrected chi connectivity index (χ3v) is 3.97.